The molecule has 0 aliphatic carbocycles. The van der Waals surface area contributed by atoms with Crippen LogP contribution in [0.2, 0.25) is 0 Å². The lowest BCUT2D eigenvalue weighted by Crippen LogP contribution is -2.47. The van der Waals surface area contributed by atoms with Crippen LogP contribution in [0.4, 0.5) is 0 Å². The lowest BCUT2D eigenvalue weighted by atomic mass is 10.2. The maximum absolute atomic E-state index is 12.1. The second-order valence-electron chi connectivity index (χ2n) is 5.21. The molecule has 1 aromatic heterocycles. The van der Waals surface area contributed by atoms with Crippen molar-refractivity contribution in [1.29, 1.82) is 0 Å². The summed E-state index contributed by atoms with van der Waals surface area (Å²) in [6.07, 6.45) is 0.135. The summed E-state index contributed by atoms with van der Waals surface area (Å²) in [6, 6.07) is 9.06. The Balaban J connectivity index is 1.88. The largest absolute Gasteiger partial charge is 0.481 e. The summed E-state index contributed by atoms with van der Waals surface area (Å²) < 4.78 is 6.41. The van der Waals surface area contributed by atoms with E-state index in [1.807, 2.05) is 32.0 Å². The van der Waals surface area contributed by atoms with Gasteiger partial charge < -0.3 is 4.74 Å². The molecule has 1 unspecified atom stereocenters. The number of amides is 2. The lowest BCUT2D eigenvalue weighted by Gasteiger charge is -2.15. The number of nitrogens with one attached hydrogen (secondary N) is 2. The summed E-state index contributed by atoms with van der Waals surface area (Å²) in [5, 5.41) is 0. The number of ether oxygens (including phenoxy) is 1. The minimum atomic E-state index is -0.740. The van der Waals surface area contributed by atoms with E-state index in [2.05, 4.69) is 26.8 Å². The molecule has 2 N–H and O–H groups in total. The van der Waals surface area contributed by atoms with Crippen LogP contribution in [-0.4, -0.2) is 17.9 Å². The number of thiophene rings is 1. The van der Waals surface area contributed by atoms with Crippen LogP contribution in [-0.2, 0) is 11.2 Å². The number of rotatable bonds is 5. The molecule has 2 amide bonds. The maximum atomic E-state index is 12.1. The van der Waals surface area contributed by atoms with E-state index in [0.29, 0.717) is 10.6 Å². The normalized spacial score (nSPS) is 11.7. The van der Waals surface area contributed by atoms with Gasteiger partial charge in [0.1, 0.15) is 5.75 Å². The van der Waals surface area contributed by atoms with Crippen LogP contribution in [0.25, 0.3) is 0 Å². The van der Waals surface area contributed by atoms with Crippen LogP contribution >= 0.6 is 27.3 Å². The van der Waals surface area contributed by atoms with Gasteiger partial charge in [-0.2, -0.15) is 0 Å². The summed E-state index contributed by atoms with van der Waals surface area (Å²) in [4.78, 5) is 25.8. The second-order valence-corrected chi connectivity index (χ2v) is 7.38. The van der Waals surface area contributed by atoms with Gasteiger partial charge in [-0.25, -0.2) is 0 Å². The van der Waals surface area contributed by atoms with E-state index in [9.17, 15) is 9.59 Å². The van der Waals surface area contributed by atoms with Gasteiger partial charge in [0.15, 0.2) is 6.10 Å². The Bertz CT molecular complexity index is 745. The van der Waals surface area contributed by atoms with Crippen LogP contribution in [0.3, 0.4) is 0 Å². The van der Waals surface area contributed by atoms with E-state index in [1.54, 1.807) is 19.1 Å². The molecule has 5 nitrogen and oxygen atoms in total. The molecule has 7 heteroatoms. The van der Waals surface area contributed by atoms with E-state index in [4.69, 9.17) is 4.74 Å². The average molecular weight is 411 g/mol. The second kappa shape index (κ2) is 8.30. The minimum absolute atomic E-state index is 0.328. The summed E-state index contributed by atoms with van der Waals surface area (Å²) in [7, 11) is 0. The van der Waals surface area contributed by atoms with E-state index >= 15 is 0 Å². The Morgan fingerprint density at radius 3 is 2.67 bits per heavy atom. The van der Waals surface area contributed by atoms with Crippen molar-refractivity contribution in [3.8, 4) is 5.75 Å². The van der Waals surface area contributed by atoms with Crippen molar-refractivity contribution in [3.05, 3.63) is 50.1 Å². The molecule has 0 fully saturated rings. The van der Waals surface area contributed by atoms with Gasteiger partial charge in [0.2, 0.25) is 0 Å². The molecular formula is C17H19BrN2O3S. The fourth-order valence-corrected chi connectivity index (χ4v) is 3.45. The SMILES string of the molecule is CCc1cc(C(=O)NNC(=O)C(C)Oc2cccc(Br)c2)sc1C. The minimum Gasteiger partial charge on any atom is -0.481 e. The van der Waals surface area contributed by atoms with Crippen LogP contribution in [0.5, 0.6) is 5.75 Å². The third-order valence-electron chi connectivity index (χ3n) is 3.40. The number of benzene rings is 1. The van der Waals surface area contributed by atoms with Gasteiger partial charge in [0.05, 0.1) is 4.88 Å². The van der Waals surface area contributed by atoms with Crippen molar-refractivity contribution in [2.75, 3.05) is 0 Å². The fourth-order valence-electron chi connectivity index (χ4n) is 2.06. The molecule has 0 aliphatic rings. The molecule has 0 saturated heterocycles. The Hall–Kier alpha value is -1.86. The molecular weight excluding hydrogens is 392 g/mol. The van der Waals surface area contributed by atoms with Crippen LogP contribution in [0, 0.1) is 6.92 Å². The van der Waals surface area contributed by atoms with E-state index in [-0.39, 0.29) is 5.91 Å². The van der Waals surface area contributed by atoms with Gasteiger partial charge >= 0.3 is 0 Å². The molecule has 0 spiro atoms. The molecule has 128 valence electrons. The molecule has 0 bridgehead atoms. The number of hydrogen-bond acceptors (Lipinski definition) is 4. The number of carbonyl (C=O) groups excluding carboxylic acids is 2. The molecule has 0 radical (unpaired) electrons. The number of hydrogen-bond donors (Lipinski definition) is 2. The first-order chi connectivity index (χ1) is 11.4. The van der Waals surface area contributed by atoms with Gasteiger partial charge in [-0.1, -0.05) is 28.9 Å². The van der Waals surface area contributed by atoms with Gasteiger partial charge in [0.25, 0.3) is 11.8 Å². The standard InChI is InChI=1S/C17H19BrN2O3S/c1-4-12-8-15(24-11(12)3)17(22)20-19-16(21)10(2)23-14-7-5-6-13(18)9-14/h5-10H,4H2,1-3H3,(H,19,21)(H,20,22). The monoisotopic (exact) mass is 410 g/mol. The molecule has 2 aromatic rings. The first kappa shape index (κ1) is 18.5. The zero-order valence-corrected chi connectivity index (χ0v) is 16.1. The highest BCUT2D eigenvalue weighted by Gasteiger charge is 2.17. The lowest BCUT2D eigenvalue weighted by molar-refractivity contribution is -0.128. The first-order valence-electron chi connectivity index (χ1n) is 7.52. The molecule has 1 heterocycles. The highest BCUT2D eigenvalue weighted by Crippen LogP contribution is 2.22. The van der Waals surface area contributed by atoms with Gasteiger partial charge in [-0.3, -0.25) is 20.4 Å². The van der Waals surface area contributed by atoms with Crippen LogP contribution in [0.1, 0.15) is 34.0 Å². The fraction of sp³-hybridized carbons (Fsp3) is 0.294. The molecule has 1 aromatic carbocycles. The first-order valence-corrected chi connectivity index (χ1v) is 9.13. The Labute approximate surface area is 153 Å². The summed E-state index contributed by atoms with van der Waals surface area (Å²) in [5.41, 5.74) is 5.96. The van der Waals surface area contributed by atoms with E-state index in [0.717, 1.165) is 21.3 Å². The predicted octanol–water partition coefficient (Wildman–Crippen LogP) is 3.61. The smallest absolute Gasteiger partial charge is 0.279 e. The number of carbonyl (C=O) groups is 2. The van der Waals surface area contributed by atoms with Crippen LogP contribution < -0.4 is 15.6 Å². The van der Waals surface area contributed by atoms with E-state index < -0.39 is 12.0 Å². The molecule has 2 rings (SSSR count). The van der Waals surface area contributed by atoms with Crippen molar-refractivity contribution in [2.24, 2.45) is 0 Å². The van der Waals surface area contributed by atoms with Gasteiger partial charge in [-0.05, 0) is 50.1 Å². The number of hydrazine groups is 1. The van der Waals surface area contributed by atoms with Crippen molar-refractivity contribution < 1.29 is 14.3 Å². The Morgan fingerprint density at radius 1 is 1.29 bits per heavy atom. The Morgan fingerprint density at radius 2 is 2.04 bits per heavy atom. The maximum Gasteiger partial charge on any atom is 0.279 e. The highest BCUT2D eigenvalue weighted by molar-refractivity contribution is 9.10. The molecule has 1 atom stereocenters. The number of aryl methyl sites for hydroxylation is 2. The van der Waals surface area contributed by atoms with Gasteiger partial charge in [-0.15, -0.1) is 11.3 Å². The topological polar surface area (TPSA) is 67.4 Å². The predicted molar refractivity (Wildman–Crippen MR) is 98.3 cm³/mol. The van der Waals surface area contributed by atoms with Crippen molar-refractivity contribution in [1.82, 2.24) is 10.9 Å². The average Bonchev–Trinajstić information content (AvgIpc) is 2.93. The molecule has 24 heavy (non-hydrogen) atoms. The number of halogens is 1. The van der Waals surface area contributed by atoms with Gasteiger partial charge in [0, 0.05) is 9.35 Å². The highest BCUT2D eigenvalue weighted by atomic mass is 79.9. The van der Waals surface area contributed by atoms with Crippen LogP contribution in [0.15, 0.2) is 34.8 Å². The quantitative estimate of drug-likeness (QED) is 0.739. The summed E-state index contributed by atoms with van der Waals surface area (Å²) >= 11 is 4.75. The van der Waals surface area contributed by atoms with Crippen molar-refractivity contribution in [2.45, 2.75) is 33.3 Å². The zero-order chi connectivity index (χ0) is 17.7. The van der Waals surface area contributed by atoms with E-state index in [1.165, 1.54) is 11.3 Å². The summed E-state index contributed by atoms with van der Waals surface area (Å²) in [6.45, 7) is 5.64. The third kappa shape index (κ3) is 4.82. The molecule has 0 aliphatic heterocycles. The summed E-state index contributed by atoms with van der Waals surface area (Å²) in [5.74, 6) is -0.182. The zero-order valence-electron chi connectivity index (χ0n) is 13.7. The Kier molecular flexibility index (Phi) is 6.39. The molecule has 0 saturated carbocycles. The van der Waals surface area contributed by atoms with Crippen molar-refractivity contribution in [3.63, 3.8) is 0 Å². The van der Waals surface area contributed by atoms with Crippen molar-refractivity contribution >= 4 is 39.1 Å². The third-order valence-corrected chi connectivity index (χ3v) is 4.99.